The van der Waals surface area contributed by atoms with Crippen LogP contribution in [0.5, 0.6) is 0 Å². The average molecular weight is 342 g/mol. The second kappa shape index (κ2) is 6.50. The molecule has 1 aliphatic heterocycles. The van der Waals surface area contributed by atoms with Crippen LogP contribution in [0.15, 0.2) is 35.5 Å². The first kappa shape index (κ1) is 17.1. The Bertz CT molecular complexity index is 774. The van der Waals surface area contributed by atoms with E-state index in [9.17, 15) is 8.42 Å². The number of aromatic nitrogens is 1. The Morgan fingerprint density at radius 2 is 2.09 bits per heavy atom. The quantitative estimate of drug-likeness (QED) is 0.907. The zero-order valence-corrected chi connectivity index (χ0v) is 14.2. The summed E-state index contributed by atoms with van der Waals surface area (Å²) in [6.45, 7) is 5.59. The lowest BCUT2D eigenvalue weighted by Crippen LogP contribution is -2.51. The van der Waals surface area contributed by atoms with Gasteiger partial charge in [-0.3, -0.25) is 4.98 Å². The Morgan fingerprint density at radius 3 is 2.82 bits per heavy atom. The summed E-state index contributed by atoms with van der Waals surface area (Å²) in [6.07, 6.45) is 3.42. The van der Waals surface area contributed by atoms with E-state index in [1.54, 1.807) is 28.8 Å². The molecule has 22 heavy (non-hydrogen) atoms. The Balaban J connectivity index is 0.00000176. The van der Waals surface area contributed by atoms with Crippen molar-refractivity contribution in [2.45, 2.75) is 24.8 Å². The van der Waals surface area contributed by atoms with Gasteiger partial charge in [-0.1, -0.05) is 12.1 Å². The molecule has 0 saturated carbocycles. The van der Waals surface area contributed by atoms with E-state index in [-0.39, 0.29) is 18.4 Å². The summed E-state index contributed by atoms with van der Waals surface area (Å²) >= 11 is 0. The molecule has 120 valence electrons. The fourth-order valence-electron chi connectivity index (χ4n) is 2.84. The van der Waals surface area contributed by atoms with Crippen molar-refractivity contribution >= 4 is 33.2 Å². The van der Waals surface area contributed by atoms with Gasteiger partial charge in [0.05, 0.1) is 4.90 Å². The third kappa shape index (κ3) is 2.96. The van der Waals surface area contributed by atoms with E-state index >= 15 is 0 Å². The molecule has 1 aromatic carbocycles. The van der Waals surface area contributed by atoms with Crippen molar-refractivity contribution in [3.05, 3.63) is 36.2 Å². The summed E-state index contributed by atoms with van der Waals surface area (Å²) in [5, 5.41) is 4.90. The largest absolute Gasteiger partial charge is 0.312 e. The molecular weight excluding hydrogens is 322 g/mol. The number of piperazine rings is 1. The molecule has 0 radical (unpaired) electrons. The van der Waals surface area contributed by atoms with Gasteiger partial charge in [0.25, 0.3) is 0 Å². The van der Waals surface area contributed by atoms with Gasteiger partial charge in [0.1, 0.15) is 0 Å². The molecule has 1 saturated heterocycles. The van der Waals surface area contributed by atoms with E-state index in [0.717, 1.165) is 16.3 Å². The summed E-state index contributed by atoms with van der Waals surface area (Å²) in [5.74, 6) is 0. The van der Waals surface area contributed by atoms with Crippen LogP contribution in [-0.4, -0.2) is 43.4 Å². The molecule has 5 nitrogen and oxygen atoms in total. The van der Waals surface area contributed by atoms with Crippen LogP contribution >= 0.6 is 12.4 Å². The van der Waals surface area contributed by atoms with Gasteiger partial charge in [0.15, 0.2) is 0 Å². The van der Waals surface area contributed by atoms with Crippen LogP contribution in [-0.2, 0) is 10.0 Å². The fraction of sp³-hybridized carbons (Fsp3) is 0.400. The van der Waals surface area contributed by atoms with Gasteiger partial charge in [0.2, 0.25) is 10.0 Å². The third-order valence-electron chi connectivity index (χ3n) is 3.88. The summed E-state index contributed by atoms with van der Waals surface area (Å²) in [4.78, 5) is 4.53. The molecule has 0 spiro atoms. The predicted molar refractivity (Wildman–Crippen MR) is 90.0 cm³/mol. The van der Waals surface area contributed by atoms with E-state index in [0.29, 0.717) is 24.5 Å². The van der Waals surface area contributed by atoms with Crippen LogP contribution in [0.4, 0.5) is 0 Å². The SMILES string of the molecule is Cc1cncc2cccc(S(=O)(=O)N3CCNC(C)C3)c12.Cl. The Kier molecular flexibility index (Phi) is 5.07. The smallest absolute Gasteiger partial charge is 0.243 e. The zero-order chi connectivity index (χ0) is 15.0. The molecule has 1 aromatic heterocycles. The number of nitrogens with zero attached hydrogens (tertiary/aromatic N) is 2. The maximum Gasteiger partial charge on any atom is 0.243 e. The number of rotatable bonds is 2. The topological polar surface area (TPSA) is 62.3 Å². The van der Waals surface area contributed by atoms with Crippen LogP contribution < -0.4 is 5.32 Å². The molecule has 1 N–H and O–H groups in total. The number of benzene rings is 1. The van der Waals surface area contributed by atoms with Crippen LogP contribution in [0, 0.1) is 6.92 Å². The highest BCUT2D eigenvalue weighted by molar-refractivity contribution is 7.89. The molecule has 3 rings (SSSR count). The second-order valence-electron chi connectivity index (χ2n) is 5.53. The van der Waals surface area contributed by atoms with Crippen molar-refractivity contribution in [1.29, 1.82) is 0 Å². The van der Waals surface area contributed by atoms with Crippen molar-refractivity contribution in [3.63, 3.8) is 0 Å². The lowest BCUT2D eigenvalue weighted by molar-refractivity contribution is 0.310. The maximum absolute atomic E-state index is 13.0. The normalized spacial score (nSPS) is 19.8. The van der Waals surface area contributed by atoms with Crippen LogP contribution in [0.3, 0.4) is 0 Å². The van der Waals surface area contributed by atoms with Gasteiger partial charge in [-0.15, -0.1) is 12.4 Å². The Labute approximate surface area is 137 Å². The molecule has 7 heteroatoms. The minimum atomic E-state index is -3.48. The molecule has 2 aromatic rings. The molecule has 0 aliphatic carbocycles. The second-order valence-corrected chi connectivity index (χ2v) is 7.44. The van der Waals surface area contributed by atoms with E-state index in [1.165, 1.54) is 0 Å². The van der Waals surface area contributed by atoms with Gasteiger partial charge in [0, 0.05) is 48.8 Å². The lowest BCUT2D eigenvalue weighted by Gasteiger charge is -2.31. The van der Waals surface area contributed by atoms with E-state index in [4.69, 9.17) is 0 Å². The van der Waals surface area contributed by atoms with Crippen LogP contribution in [0.2, 0.25) is 0 Å². The van der Waals surface area contributed by atoms with E-state index in [1.807, 2.05) is 19.9 Å². The fourth-order valence-corrected chi connectivity index (χ4v) is 4.66. The van der Waals surface area contributed by atoms with Crippen LogP contribution in [0.25, 0.3) is 10.8 Å². The summed E-state index contributed by atoms with van der Waals surface area (Å²) in [5.41, 5.74) is 0.884. The number of hydrogen-bond acceptors (Lipinski definition) is 4. The number of aryl methyl sites for hydroxylation is 1. The highest BCUT2D eigenvalue weighted by Gasteiger charge is 2.30. The number of nitrogens with one attached hydrogen (secondary N) is 1. The van der Waals surface area contributed by atoms with Crippen molar-refractivity contribution in [3.8, 4) is 0 Å². The van der Waals surface area contributed by atoms with Gasteiger partial charge in [-0.05, 0) is 25.5 Å². The molecule has 1 aliphatic rings. The van der Waals surface area contributed by atoms with Crippen molar-refractivity contribution in [2.75, 3.05) is 19.6 Å². The third-order valence-corrected chi connectivity index (χ3v) is 5.79. The zero-order valence-electron chi connectivity index (χ0n) is 12.6. The molecule has 1 atom stereocenters. The molecule has 0 amide bonds. The average Bonchev–Trinajstić information content (AvgIpc) is 2.47. The number of halogens is 1. The number of pyridine rings is 1. The van der Waals surface area contributed by atoms with E-state index in [2.05, 4.69) is 10.3 Å². The molecule has 1 fully saturated rings. The lowest BCUT2D eigenvalue weighted by atomic mass is 10.1. The van der Waals surface area contributed by atoms with Gasteiger partial charge in [-0.25, -0.2) is 8.42 Å². The summed E-state index contributed by atoms with van der Waals surface area (Å²) in [7, 11) is -3.48. The highest BCUT2D eigenvalue weighted by Crippen LogP contribution is 2.28. The minimum absolute atomic E-state index is 0. The first-order valence-corrected chi connectivity index (χ1v) is 8.51. The molecule has 0 bridgehead atoms. The summed E-state index contributed by atoms with van der Waals surface area (Å²) < 4.78 is 27.5. The first-order valence-electron chi connectivity index (χ1n) is 7.07. The number of sulfonamides is 1. The first-order chi connectivity index (χ1) is 10.00. The monoisotopic (exact) mass is 341 g/mol. The minimum Gasteiger partial charge on any atom is -0.312 e. The molecular formula is C15H20ClN3O2S. The number of fused-ring (bicyclic) bond motifs is 1. The predicted octanol–water partition coefficient (Wildman–Crippen LogP) is 1.95. The Hall–Kier alpha value is -1.21. The van der Waals surface area contributed by atoms with Crippen LogP contribution in [0.1, 0.15) is 12.5 Å². The molecule has 2 heterocycles. The van der Waals surface area contributed by atoms with Crippen molar-refractivity contribution in [1.82, 2.24) is 14.6 Å². The van der Waals surface area contributed by atoms with Gasteiger partial charge in [-0.2, -0.15) is 4.31 Å². The van der Waals surface area contributed by atoms with Gasteiger partial charge >= 0.3 is 0 Å². The standard InChI is InChI=1S/C15H19N3O2S.ClH/c1-11-8-16-9-13-4-3-5-14(15(11)13)21(19,20)18-7-6-17-12(2)10-18;/h3-5,8-9,12,17H,6-7,10H2,1-2H3;1H. The Morgan fingerprint density at radius 1 is 1.32 bits per heavy atom. The van der Waals surface area contributed by atoms with Crippen molar-refractivity contribution in [2.24, 2.45) is 0 Å². The molecule has 1 unspecified atom stereocenters. The van der Waals surface area contributed by atoms with Crippen molar-refractivity contribution < 1.29 is 8.42 Å². The highest BCUT2D eigenvalue weighted by atomic mass is 35.5. The maximum atomic E-state index is 13.0. The number of hydrogen-bond donors (Lipinski definition) is 1. The summed E-state index contributed by atoms with van der Waals surface area (Å²) in [6, 6.07) is 5.54. The van der Waals surface area contributed by atoms with E-state index < -0.39 is 10.0 Å². The van der Waals surface area contributed by atoms with Gasteiger partial charge < -0.3 is 5.32 Å².